The molecule has 116 valence electrons. The van der Waals surface area contributed by atoms with Crippen LogP contribution in [0.25, 0.3) is 10.9 Å². The molecule has 0 aliphatic rings. The number of nitrogens with zero attached hydrogens (tertiary/aromatic N) is 1. The van der Waals surface area contributed by atoms with Crippen molar-refractivity contribution in [2.45, 2.75) is 51.9 Å². The van der Waals surface area contributed by atoms with Crippen LogP contribution in [0.2, 0.25) is 0 Å². The number of aromatic nitrogens is 1. The van der Waals surface area contributed by atoms with Crippen molar-refractivity contribution in [3.05, 3.63) is 35.5 Å². The summed E-state index contributed by atoms with van der Waals surface area (Å²) < 4.78 is 41.3. The number of aliphatic hydroxyl groups is 1. The Morgan fingerprint density at radius 3 is 2.29 bits per heavy atom. The standard InChI is InChI=1S/C16H20F3NO/c1-10(2)20-11(9-15(3,4)21)8-12-13(16(17,18)19)6-5-7-14(12)20/h5-8,10,21H,9H2,1-4H3. The van der Waals surface area contributed by atoms with Crippen molar-refractivity contribution in [2.24, 2.45) is 0 Å². The zero-order valence-electron chi connectivity index (χ0n) is 12.6. The highest BCUT2D eigenvalue weighted by Gasteiger charge is 2.33. The van der Waals surface area contributed by atoms with E-state index in [0.717, 1.165) is 6.07 Å². The Kier molecular flexibility index (Phi) is 3.82. The molecule has 1 aromatic carbocycles. The summed E-state index contributed by atoms with van der Waals surface area (Å²) in [5.41, 5.74) is -0.334. The molecule has 2 nitrogen and oxygen atoms in total. The van der Waals surface area contributed by atoms with Crippen LogP contribution in [-0.4, -0.2) is 15.3 Å². The average molecular weight is 299 g/mol. The minimum Gasteiger partial charge on any atom is -0.390 e. The van der Waals surface area contributed by atoms with Gasteiger partial charge in [-0.1, -0.05) is 6.07 Å². The van der Waals surface area contributed by atoms with Gasteiger partial charge in [0.25, 0.3) is 0 Å². The molecule has 0 aliphatic carbocycles. The van der Waals surface area contributed by atoms with Gasteiger partial charge in [-0.25, -0.2) is 0 Å². The Labute approximate surface area is 122 Å². The van der Waals surface area contributed by atoms with Gasteiger partial charge in [-0.05, 0) is 45.9 Å². The van der Waals surface area contributed by atoms with Crippen LogP contribution in [0.1, 0.15) is 45.0 Å². The van der Waals surface area contributed by atoms with Crippen LogP contribution in [0.5, 0.6) is 0 Å². The largest absolute Gasteiger partial charge is 0.417 e. The van der Waals surface area contributed by atoms with Crippen LogP contribution < -0.4 is 0 Å². The van der Waals surface area contributed by atoms with Crippen molar-refractivity contribution in [1.29, 1.82) is 0 Å². The molecule has 5 heteroatoms. The Morgan fingerprint density at radius 2 is 1.81 bits per heavy atom. The number of benzene rings is 1. The van der Waals surface area contributed by atoms with Crippen molar-refractivity contribution in [2.75, 3.05) is 0 Å². The first-order valence-corrected chi connectivity index (χ1v) is 6.93. The fourth-order valence-electron chi connectivity index (χ4n) is 2.74. The van der Waals surface area contributed by atoms with Crippen molar-refractivity contribution in [3.63, 3.8) is 0 Å². The SMILES string of the molecule is CC(C)n1c(CC(C)(C)O)cc2c(C(F)(F)F)cccc21. The highest BCUT2D eigenvalue weighted by molar-refractivity contribution is 5.85. The Bertz CT molecular complexity index is 648. The molecule has 0 saturated heterocycles. The van der Waals surface area contributed by atoms with Gasteiger partial charge in [-0.2, -0.15) is 13.2 Å². The van der Waals surface area contributed by atoms with Crippen LogP contribution in [-0.2, 0) is 12.6 Å². The van der Waals surface area contributed by atoms with Gasteiger partial charge in [0.1, 0.15) is 0 Å². The summed E-state index contributed by atoms with van der Waals surface area (Å²) in [7, 11) is 0. The normalized spacial score (nSPS) is 13.4. The van der Waals surface area contributed by atoms with Crippen LogP contribution in [0.15, 0.2) is 24.3 Å². The van der Waals surface area contributed by atoms with Gasteiger partial charge in [-0.15, -0.1) is 0 Å². The quantitative estimate of drug-likeness (QED) is 0.883. The fourth-order valence-corrected chi connectivity index (χ4v) is 2.74. The summed E-state index contributed by atoms with van der Waals surface area (Å²) >= 11 is 0. The summed E-state index contributed by atoms with van der Waals surface area (Å²) in [4.78, 5) is 0. The monoisotopic (exact) mass is 299 g/mol. The van der Waals surface area contributed by atoms with E-state index in [1.54, 1.807) is 26.0 Å². The smallest absolute Gasteiger partial charge is 0.390 e. The molecule has 1 aromatic heterocycles. The highest BCUT2D eigenvalue weighted by atomic mass is 19.4. The van der Waals surface area contributed by atoms with E-state index in [9.17, 15) is 18.3 Å². The summed E-state index contributed by atoms with van der Waals surface area (Å²) in [6.45, 7) is 7.15. The van der Waals surface area contributed by atoms with E-state index in [-0.39, 0.29) is 11.4 Å². The predicted octanol–water partition coefficient (Wildman–Crippen LogP) is 4.55. The lowest BCUT2D eigenvalue weighted by Gasteiger charge is -2.21. The van der Waals surface area contributed by atoms with Gasteiger partial charge in [0, 0.05) is 29.1 Å². The lowest BCUT2D eigenvalue weighted by atomic mass is 10.0. The van der Waals surface area contributed by atoms with Gasteiger partial charge in [0.15, 0.2) is 0 Å². The molecular weight excluding hydrogens is 279 g/mol. The minimum absolute atomic E-state index is 0.0170. The Morgan fingerprint density at radius 1 is 1.19 bits per heavy atom. The third-order valence-electron chi connectivity index (χ3n) is 3.40. The zero-order valence-corrected chi connectivity index (χ0v) is 12.6. The van der Waals surface area contributed by atoms with Gasteiger partial charge < -0.3 is 9.67 Å². The lowest BCUT2D eigenvalue weighted by molar-refractivity contribution is -0.136. The number of halogens is 3. The van der Waals surface area contributed by atoms with Crippen LogP contribution >= 0.6 is 0 Å². The first-order chi connectivity index (χ1) is 9.50. The molecule has 0 fully saturated rings. The highest BCUT2D eigenvalue weighted by Crippen LogP contribution is 2.37. The van der Waals surface area contributed by atoms with Crippen molar-refractivity contribution in [1.82, 2.24) is 4.57 Å². The Balaban J connectivity index is 2.73. The molecule has 0 unspecified atom stereocenters. The number of hydrogen-bond acceptors (Lipinski definition) is 1. The van der Waals surface area contributed by atoms with E-state index < -0.39 is 17.3 Å². The van der Waals surface area contributed by atoms with E-state index in [0.29, 0.717) is 17.6 Å². The van der Waals surface area contributed by atoms with E-state index >= 15 is 0 Å². The second-order valence-corrected chi connectivity index (χ2v) is 6.32. The third-order valence-corrected chi connectivity index (χ3v) is 3.40. The number of rotatable bonds is 3. The van der Waals surface area contributed by atoms with Crippen LogP contribution in [0.4, 0.5) is 13.2 Å². The van der Waals surface area contributed by atoms with E-state index in [1.807, 2.05) is 18.4 Å². The Hall–Kier alpha value is -1.49. The predicted molar refractivity (Wildman–Crippen MR) is 77.3 cm³/mol. The lowest BCUT2D eigenvalue weighted by Crippen LogP contribution is -2.24. The molecule has 0 saturated carbocycles. The molecule has 2 rings (SSSR count). The second-order valence-electron chi connectivity index (χ2n) is 6.32. The van der Waals surface area contributed by atoms with Gasteiger partial charge >= 0.3 is 6.18 Å². The molecular formula is C16H20F3NO. The first-order valence-electron chi connectivity index (χ1n) is 6.93. The summed E-state index contributed by atoms with van der Waals surface area (Å²) in [5, 5.41) is 10.2. The van der Waals surface area contributed by atoms with Gasteiger partial charge in [-0.3, -0.25) is 0 Å². The maximum Gasteiger partial charge on any atom is 0.417 e. The fraction of sp³-hybridized carbons (Fsp3) is 0.500. The molecule has 0 atom stereocenters. The van der Waals surface area contributed by atoms with Crippen molar-refractivity contribution >= 4 is 10.9 Å². The van der Waals surface area contributed by atoms with Gasteiger partial charge in [0.2, 0.25) is 0 Å². The molecule has 21 heavy (non-hydrogen) atoms. The second kappa shape index (κ2) is 5.05. The molecule has 0 amide bonds. The van der Waals surface area contributed by atoms with Gasteiger partial charge in [0.05, 0.1) is 11.2 Å². The molecule has 0 aliphatic heterocycles. The zero-order chi connectivity index (χ0) is 16.0. The minimum atomic E-state index is -4.38. The van der Waals surface area contributed by atoms with E-state index in [4.69, 9.17) is 0 Å². The maximum atomic E-state index is 13.1. The van der Waals surface area contributed by atoms with E-state index in [2.05, 4.69) is 0 Å². The van der Waals surface area contributed by atoms with Crippen LogP contribution in [0, 0.1) is 0 Å². The molecule has 0 radical (unpaired) electrons. The number of hydrogen-bond donors (Lipinski definition) is 1. The third kappa shape index (κ3) is 3.23. The maximum absolute atomic E-state index is 13.1. The first kappa shape index (κ1) is 15.9. The summed E-state index contributed by atoms with van der Waals surface area (Å²) in [5.74, 6) is 0. The van der Waals surface area contributed by atoms with Crippen LogP contribution in [0.3, 0.4) is 0 Å². The topological polar surface area (TPSA) is 25.2 Å². The summed E-state index contributed by atoms with van der Waals surface area (Å²) in [6, 6.07) is 5.79. The summed E-state index contributed by atoms with van der Waals surface area (Å²) in [6.07, 6.45) is -4.08. The molecule has 0 spiro atoms. The molecule has 1 heterocycles. The number of fused-ring (bicyclic) bond motifs is 1. The molecule has 0 bridgehead atoms. The number of alkyl halides is 3. The van der Waals surface area contributed by atoms with Crippen molar-refractivity contribution < 1.29 is 18.3 Å². The molecule has 1 N–H and O–H groups in total. The average Bonchev–Trinajstić information content (AvgIpc) is 2.61. The molecule has 2 aromatic rings. The van der Waals surface area contributed by atoms with E-state index in [1.165, 1.54) is 6.07 Å². The van der Waals surface area contributed by atoms with Crippen molar-refractivity contribution in [3.8, 4) is 0 Å².